The quantitative estimate of drug-likeness (QED) is 0.497. The van der Waals surface area contributed by atoms with Crippen molar-refractivity contribution in [1.29, 1.82) is 0 Å². The molecule has 1 heterocycles. The first kappa shape index (κ1) is 20.0. The second kappa shape index (κ2) is 7.51. The van der Waals surface area contributed by atoms with Crippen LogP contribution in [-0.4, -0.2) is 30.0 Å². The van der Waals surface area contributed by atoms with Gasteiger partial charge in [-0.3, -0.25) is 0 Å². The van der Waals surface area contributed by atoms with Gasteiger partial charge in [-0.2, -0.15) is 13.2 Å². The Bertz CT molecular complexity index is 732. The van der Waals surface area contributed by atoms with E-state index in [9.17, 15) is 18.0 Å². The number of unbranched alkanes of at least 4 members (excludes halogenated alkanes) is 1. The zero-order valence-corrected chi connectivity index (χ0v) is 15.0. The maximum Gasteiger partial charge on any atom is 0.430 e. The molecule has 0 radical (unpaired) electrons. The number of alkyl halides is 3. The van der Waals surface area contributed by atoms with Crippen LogP contribution < -0.4 is 9.47 Å². The number of ether oxygens (including phenoxy) is 2. The first-order chi connectivity index (χ1) is 11.6. The highest BCUT2D eigenvalue weighted by molar-refractivity contribution is 6.49. The highest BCUT2D eigenvalue weighted by Gasteiger charge is 2.49. The van der Waals surface area contributed by atoms with E-state index in [0.717, 1.165) is 12.5 Å². The SMILES string of the molecule is CCCCOc1c(Cl)c(Cl)c(Cl)c2c1OC(C(F)(F)F)C(C(=O)O)=C2. The van der Waals surface area contributed by atoms with Gasteiger partial charge in [0.05, 0.1) is 22.2 Å². The second-order valence-corrected chi connectivity index (χ2v) is 6.29. The molecule has 0 bridgehead atoms. The highest BCUT2D eigenvalue weighted by atomic mass is 35.5. The monoisotopic (exact) mass is 418 g/mol. The lowest BCUT2D eigenvalue weighted by molar-refractivity contribution is -0.187. The molecular formula is C15H12Cl3F3O4. The summed E-state index contributed by atoms with van der Waals surface area (Å²) in [5, 5.41) is 8.49. The first-order valence-electron chi connectivity index (χ1n) is 7.11. The molecule has 0 amide bonds. The van der Waals surface area contributed by atoms with E-state index in [2.05, 4.69) is 0 Å². The Morgan fingerprint density at radius 1 is 1.28 bits per heavy atom. The summed E-state index contributed by atoms with van der Waals surface area (Å²) in [6, 6.07) is 0. The van der Waals surface area contributed by atoms with Gasteiger partial charge in [0.15, 0.2) is 11.5 Å². The summed E-state index contributed by atoms with van der Waals surface area (Å²) in [6.45, 7) is 2.06. The fraction of sp³-hybridized carbons (Fsp3) is 0.400. The Morgan fingerprint density at radius 3 is 2.44 bits per heavy atom. The van der Waals surface area contributed by atoms with E-state index in [1.54, 1.807) is 0 Å². The topological polar surface area (TPSA) is 55.8 Å². The lowest BCUT2D eigenvalue weighted by atomic mass is 10.0. The third-order valence-electron chi connectivity index (χ3n) is 3.38. The van der Waals surface area contributed by atoms with Crippen LogP contribution in [0.15, 0.2) is 5.57 Å². The van der Waals surface area contributed by atoms with Crippen molar-refractivity contribution in [2.45, 2.75) is 32.0 Å². The molecule has 4 nitrogen and oxygen atoms in total. The average Bonchev–Trinajstić information content (AvgIpc) is 2.54. The van der Waals surface area contributed by atoms with Crippen molar-refractivity contribution in [1.82, 2.24) is 0 Å². The van der Waals surface area contributed by atoms with E-state index in [1.807, 2.05) is 6.92 Å². The molecule has 138 valence electrons. The number of benzene rings is 1. The number of carboxylic acid groups (broad SMARTS) is 1. The summed E-state index contributed by atoms with van der Waals surface area (Å²) < 4.78 is 50.0. The molecule has 0 aliphatic carbocycles. The van der Waals surface area contributed by atoms with Gasteiger partial charge < -0.3 is 14.6 Å². The average molecular weight is 420 g/mol. The van der Waals surface area contributed by atoms with Crippen LogP contribution in [0.25, 0.3) is 6.08 Å². The molecule has 0 saturated carbocycles. The van der Waals surface area contributed by atoms with Gasteiger partial charge >= 0.3 is 12.1 Å². The van der Waals surface area contributed by atoms with Crippen LogP contribution >= 0.6 is 34.8 Å². The number of carbonyl (C=O) groups is 1. The van der Waals surface area contributed by atoms with Gasteiger partial charge in [0, 0.05) is 5.56 Å². The fourth-order valence-corrected chi connectivity index (χ4v) is 2.86. The Morgan fingerprint density at radius 2 is 1.92 bits per heavy atom. The van der Waals surface area contributed by atoms with Crippen LogP contribution in [0.3, 0.4) is 0 Å². The molecule has 0 saturated heterocycles. The maximum absolute atomic E-state index is 13.2. The van der Waals surface area contributed by atoms with Gasteiger partial charge in [0.1, 0.15) is 5.02 Å². The van der Waals surface area contributed by atoms with Crippen LogP contribution in [0.4, 0.5) is 13.2 Å². The van der Waals surface area contributed by atoms with Crippen molar-refractivity contribution in [3.8, 4) is 11.5 Å². The van der Waals surface area contributed by atoms with Gasteiger partial charge in [-0.1, -0.05) is 48.1 Å². The van der Waals surface area contributed by atoms with Crippen molar-refractivity contribution < 1.29 is 32.5 Å². The molecule has 1 atom stereocenters. The number of aliphatic carboxylic acids is 1. The first-order valence-corrected chi connectivity index (χ1v) is 8.24. The summed E-state index contributed by atoms with van der Waals surface area (Å²) in [5.74, 6) is -2.37. The molecular weight excluding hydrogens is 408 g/mol. The summed E-state index contributed by atoms with van der Waals surface area (Å²) in [6.07, 6.45) is -5.47. The van der Waals surface area contributed by atoms with Crippen LogP contribution in [0.5, 0.6) is 11.5 Å². The van der Waals surface area contributed by atoms with Crippen LogP contribution in [-0.2, 0) is 4.79 Å². The largest absolute Gasteiger partial charge is 0.488 e. The minimum Gasteiger partial charge on any atom is -0.488 e. The molecule has 10 heteroatoms. The van der Waals surface area contributed by atoms with Gasteiger partial charge in [-0.25, -0.2) is 4.79 Å². The third kappa shape index (κ3) is 3.93. The summed E-state index contributed by atoms with van der Waals surface area (Å²) in [5.41, 5.74) is -1.14. The standard InChI is InChI=1S/C15H12Cl3F3O4/c1-2-3-4-24-12-10(18)9(17)8(16)6-5-7(14(22)23)13(15(19,20)21)25-11(6)12/h5,13H,2-4H2,1H3,(H,22,23). The number of hydrogen-bond donors (Lipinski definition) is 1. The number of halogens is 6. The van der Waals surface area contributed by atoms with Gasteiger partial charge in [-0.15, -0.1) is 0 Å². The van der Waals surface area contributed by atoms with Gasteiger partial charge in [0.2, 0.25) is 6.10 Å². The van der Waals surface area contributed by atoms with Gasteiger partial charge in [0.25, 0.3) is 0 Å². The van der Waals surface area contributed by atoms with Crippen molar-refractivity contribution in [2.24, 2.45) is 0 Å². The molecule has 2 rings (SSSR count). The molecule has 1 N–H and O–H groups in total. The Hall–Kier alpha value is -1.31. The normalized spacial score (nSPS) is 16.8. The third-order valence-corrected chi connectivity index (χ3v) is 4.70. The van der Waals surface area contributed by atoms with Crippen LogP contribution in [0.1, 0.15) is 25.3 Å². The maximum atomic E-state index is 13.2. The molecule has 1 aromatic rings. The highest BCUT2D eigenvalue weighted by Crippen LogP contribution is 2.52. The van der Waals surface area contributed by atoms with E-state index in [1.165, 1.54) is 0 Å². The Labute approximate surface area is 156 Å². The molecule has 1 aliphatic rings. The number of carboxylic acids is 1. The second-order valence-electron chi connectivity index (χ2n) is 5.16. The zero-order chi connectivity index (χ0) is 18.9. The predicted octanol–water partition coefficient (Wildman–Crippen LogP) is 5.62. The number of fused-ring (bicyclic) bond motifs is 1. The molecule has 0 spiro atoms. The van der Waals surface area contributed by atoms with Crippen LogP contribution in [0.2, 0.25) is 15.1 Å². The number of hydrogen-bond acceptors (Lipinski definition) is 3. The summed E-state index contributed by atoms with van der Waals surface area (Å²) in [7, 11) is 0. The molecule has 1 unspecified atom stereocenters. The van der Waals surface area contributed by atoms with Gasteiger partial charge in [-0.05, 0) is 12.5 Å². The van der Waals surface area contributed by atoms with E-state index in [4.69, 9.17) is 49.4 Å². The lowest BCUT2D eigenvalue weighted by Gasteiger charge is -2.29. The molecule has 1 aliphatic heterocycles. The molecule has 0 aromatic heterocycles. The minimum absolute atomic E-state index is 0.125. The predicted molar refractivity (Wildman–Crippen MR) is 88.0 cm³/mol. The lowest BCUT2D eigenvalue weighted by Crippen LogP contribution is -2.40. The molecule has 1 aromatic carbocycles. The fourth-order valence-electron chi connectivity index (χ4n) is 2.16. The molecule has 25 heavy (non-hydrogen) atoms. The van der Waals surface area contributed by atoms with Crippen LogP contribution in [0, 0.1) is 0 Å². The van der Waals surface area contributed by atoms with E-state index in [-0.39, 0.29) is 38.7 Å². The number of rotatable bonds is 5. The van der Waals surface area contributed by atoms with E-state index in [0.29, 0.717) is 6.42 Å². The summed E-state index contributed by atoms with van der Waals surface area (Å²) >= 11 is 18.0. The van der Waals surface area contributed by atoms with E-state index >= 15 is 0 Å². The van der Waals surface area contributed by atoms with Crippen molar-refractivity contribution >= 4 is 46.8 Å². The Kier molecular flexibility index (Phi) is 6.01. The smallest absolute Gasteiger partial charge is 0.430 e. The van der Waals surface area contributed by atoms with E-state index < -0.39 is 23.8 Å². The van der Waals surface area contributed by atoms with Crippen molar-refractivity contribution in [3.63, 3.8) is 0 Å². The minimum atomic E-state index is -4.96. The van der Waals surface area contributed by atoms with Crippen molar-refractivity contribution in [3.05, 3.63) is 26.2 Å². The molecule has 0 fully saturated rings. The zero-order valence-electron chi connectivity index (χ0n) is 12.7. The Balaban J connectivity index is 2.65. The summed E-state index contributed by atoms with van der Waals surface area (Å²) in [4.78, 5) is 11.2. The van der Waals surface area contributed by atoms with Crippen molar-refractivity contribution in [2.75, 3.05) is 6.61 Å².